The molecule has 2 nitrogen and oxygen atoms in total. The van der Waals surface area contributed by atoms with Crippen LogP contribution in [0.25, 0.3) is 0 Å². The Hall–Kier alpha value is -0.500. The van der Waals surface area contributed by atoms with Crippen LogP contribution < -0.4 is 0 Å². The fourth-order valence-corrected chi connectivity index (χ4v) is 2.17. The first kappa shape index (κ1) is 13.6. The van der Waals surface area contributed by atoms with Gasteiger partial charge in [0.05, 0.1) is 0 Å². The molecule has 0 bridgehead atoms. The first-order valence-corrected chi connectivity index (χ1v) is 6.67. The van der Waals surface area contributed by atoms with Gasteiger partial charge in [0.2, 0.25) is 0 Å². The zero-order chi connectivity index (χ0) is 12.1. The molecule has 1 rings (SSSR count). The molecule has 16 heavy (non-hydrogen) atoms. The minimum Gasteiger partial charge on any atom is -0.373 e. The molecule has 0 aliphatic carbocycles. The van der Waals surface area contributed by atoms with Gasteiger partial charge in [0.25, 0.3) is 0 Å². The van der Waals surface area contributed by atoms with E-state index in [-0.39, 0.29) is 0 Å². The Bertz CT molecular complexity index is 213. The van der Waals surface area contributed by atoms with Crippen LogP contribution in [0.3, 0.4) is 0 Å². The van der Waals surface area contributed by atoms with Gasteiger partial charge in [0.1, 0.15) is 0 Å². The van der Waals surface area contributed by atoms with E-state index in [9.17, 15) is 0 Å². The second-order valence-corrected chi connectivity index (χ2v) is 5.62. The molecule has 1 heterocycles. The third-order valence-electron chi connectivity index (χ3n) is 3.50. The van der Waals surface area contributed by atoms with Gasteiger partial charge in [0, 0.05) is 37.9 Å². The molecular weight excluding hydrogens is 196 g/mol. The largest absolute Gasteiger partial charge is 0.373 e. The van der Waals surface area contributed by atoms with Crippen LogP contribution >= 0.6 is 0 Å². The molecule has 94 valence electrons. The number of hydrogen-bond acceptors (Lipinski definition) is 2. The molecule has 0 N–H and O–H groups in total. The van der Waals surface area contributed by atoms with E-state index in [1.54, 1.807) is 0 Å². The number of rotatable bonds is 5. The van der Waals surface area contributed by atoms with Crippen molar-refractivity contribution in [2.45, 2.75) is 46.6 Å². The van der Waals surface area contributed by atoms with Gasteiger partial charge in [-0.15, -0.1) is 0 Å². The van der Waals surface area contributed by atoms with E-state index < -0.39 is 0 Å². The Balaban J connectivity index is 2.27. The molecule has 1 fully saturated rings. The Morgan fingerprint density at radius 1 is 1.06 bits per heavy atom. The second-order valence-electron chi connectivity index (χ2n) is 5.62. The van der Waals surface area contributed by atoms with E-state index in [1.165, 1.54) is 31.6 Å². The summed E-state index contributed by atoms with van der Waals surface area (Å²) in [5, 5.41) is 0. The first-order chi connectivity index (χ1) is 7.50. The number of allylic oxidation sites excluding steroid dienone is 1. The Labute approximate surface area is 101 Å². The Morgan fingerprint density at radius 3 is 2.06 bits per heavy atom. The molecule has 0 saturated carbocycles. The summed E-state index contributed by atoms with van der Waals surface area (Å²) in [5.74, 6) is 0.786. The van der Waals surface area contributed by atoms with Crippen molar-refractivity contribution in [3.8, 4) is 0 Å². The van der Waals surface area contributed by atoms with Crippen molar-refractivity contribution in [1.29, 1.82) is 0 Å². The zero-order valence-corrected chi connectivity index (χ0v) is 11.5. The molecule has 0 amide bonds. The van der Waals surface area contributed by atoms with Gasteiger partial charge in [-0.25, -0.2) is 0 Å². The van der Waals surface area contributed by atoms with Crippen molar-refractivity contribution >= 4 is 0 Å². The van der Waals surface area contributed by atoms with Gasteiger partial charge in [0.15, 0.2) is 0 Å². The molecule has 0 aromatic heterocycles. The number of nitrogens with zero attached hydrogens (tertiary/aromatic N) is 2. The lowest BCUT2D eigenvalue weighted by Gasteiger charge is -2.39. The maximum absolute atomic E-state index is 4.23. The molecule has 0 radical (unpaired) electrons. The van der Waals surface area contributed by atoms with Gasteiger partial charge in [-0.05, 0) is 32.6 Å². The number of hydrogen-bond donors (Lipinski definition) is 0. The third kappa shape index (κ3) is 4.17. The standard InChI is InChI=1S/C14H28N2/c1-12(2)6-7-14(5)16-10-8-15(9-11-16)13(3)4/h12-13H,5-11H2,1-4H3. The maximum atomic E-state index is 4.23. The lowest BCUT2D eigenvalue weighted by Crippen LogP contribution is -2.48. The first-order valence-electron chi connectivity index (χ1n) is 6.67. The summed E-state index contributed by atoms with van der Waals surface area (Å²) in [6.07, 6.45) is 2.43. The molecule has 0 spiro atoms. The van der Waals surface area contributed by atoms with Crippen molar-refractivity contribution in [3.63, 3.8) is 0 Å². The van der Waals surface area contributed by atoms with Crippen LogP contribution in [0.15, 0.2) is 12.3 Å². The lowest BCUT2D eigenvalue weighted by atomic mass is 10.1. The third-order valence-corrected chi connectivity index (χ3v) is 3.50. The highest BCUT2D eigenvalue weighted by atomic mass is 15.3. The van der Waals surface area contributed by atoms with Crippen LogP contribution in [-0.4, -0.2) is 42.0 Å². The Morgan fingerprint density at radius 2 is 1.62 bits per heavy atom. The highest BCUT2D eigenvalue weighted by molar-refractivity contribution is 4.96. The maximum Gasteiger partial charge on any atom is 0.0303 e. The fourth-order valence-electron chi connectivity index (χ4n) is 2.17. The topological polar surface area (TPSA) is 6.48 Å². The summed E-state index contributed by atoms with van der Waals surface area (Å²) in [6.45, 7) is 18.1. The molecule has 0 atom stereocenters. The van der Waals surface area contributed by atoms with E-state index in [4.69, 9.17) is 0 Å². The van der Waals surface area contributed by atoms with Crippen LogP contribution in [0.5, 0.6) is 0 Å². The van der Waals surface area contributed by atoms with Crippen molar-refractivity contribution in [3.05, 3.63) is 12.3 Å². The summed E-state index contributed by atoms with van der Waals surface area (Å²) in [6, 6.07) is 0.686. The predicted molar refractivity (Wildman–Crippen MR) is 71.5 cm³/mol. The molecular formula is C14H28N2. The molecule has 0 aromatic carbocycles. The summed E-state index contributed by atoms with van der Waals surface area (Å²) in [4.78, 5) is 5.02. The SMILES string of the molecule is C=C(CCC(C)C)N1CCN(C(C)C)CC1. The van der Waals surface area contributed by atoms with Gasteiger partial charge >= 0.3 is 0 Å². The Kier molecular flexibility index (Phi) is 5.33. The normalized spacial score (nSPS) is 18.5. The van der Waals surface area contributed by atoms with E-state index in [0.717, 1.165) is 19.0 Å². The van der Waals surface area contributed by atoms with E-state index >= 15 is 0 Å². The van der Waals surface area contributed by atoms with Crippen molar-refractivity contribution in [1.82, 2.24) is 9.80 Å². The highest BCUT2D eigenvalue weighted by Gasteiger charge is 2.19. The average molecular weight is 224 g/mol. The summed E-state index contributed by atoms with van der Waals surface area (Å²) in [7, 11) is 0. The predicted octanol–water partition coefficient (Wildman–Crippen LogP) is 2.96. The smallest absolute Gasteiger partial charge is 0.0303 e. The van der Waals surface area contributed by atoms with Gasteiger partial charge in [-0.3, -0.25) is 4.90 Å². The van der Waals surface area contributed by atoms with Crippen molar-refractivity contribution in [2.75, 3.05) is 26.2 Å². The van der Waals surface area contributed by atoms with Gasteiger partial charge in [-0.1, -0.05) is 20.4 Å². The lowest BCUT2D eigenvalue weighted by molar-refractivity contribution is 0.127. The molecule has 1 aliphatic rings. The number of piperazine rings is 1. The second kappa shape index (κ2) is 6.29. The van der Waals surface area contributed by atoms with Crippen molar-refractivity contribution in [2.24, 2.45) is 5.92 Å². The minimum atomic E-state index is 0.686. The quantitative estimate of drug-likeness (QED) is 0.708. The van der Waals surface area contributed by atoms with Crippen LogP contribution in [0.2, 0.25) is 0 Å². The van der Waals surface area contributed by atoms with Crippen LogP contribution in [-0.2, 0) is 0 Å². The molecule has 1 aliphatic heterocycles. The van der Waals surface area contributed by atoms with Gasteiger partial charge < -0.3 is 4.90 Å². The van der Waals surface area contributed by atoms with Gasteiger partial charge in [-0.2, -0.15) is 0 Å². The summed E-state index contributed by atoms with van der Waals surface area (Å²) < 4.78 is 0. The molecule has 0 unspecified atom stereocenters. The van der Waals surface area contributed by atoms with Crippen LogP contribution in [0.1, 0.15) is 40.5 Å². The monoisotopic (exact) mass is 224 g/mol. The summed E-state index contributed by atoms with van der Waals surface area (Å²) in [5.41, 5.74) is 1.34. The van der Waals surface area contributed by atoms with Crippen LogP contribution in [0.4, 0.5) is 0 Å². The van der Waals surface area contributed by atoms with E-state index in [0.29, 0.717) is 6.04 Å². The minimum absolute atomic E-state index is 0.686. The average Bonchev–Trinajstić information content (AvgIpc) is 2.26. The highest BCUT2D eigenvalue weighted by Crippen LogP contribution is 2.16. The van der Waals surface area contributed by atoms with E-state index in [1.807, 2.05) is 0 Å². The zero-order valence-electron chi connectivity index (χ0n) is 11.5. The molecule has 2 heteroatoms. The molecule has 1 saturated heterocycles. The molecule has 0 aromatic rings. The fraction of sp³-hybridized carbons (Fsp3) is 0.857. The summed E-state index contributed by atoms with van der Waals surface area (Å²) >= 11 is 0. The van der Waals surface area contributed by atoms with Crippen LogP contribution in [0, 0.1) is 5.92 Å². The van der Waals surface area contributed by atoms with E-state index in [2.05, 4.69) is 44.1 Å². The van der Waals surface area contributed by atoms with Crippen molar-refractivity contribution < 1.29 is 0 Å².